The number of aromatic nitrogens is 1. The lowest BCUT2D eigenvalue weighted by atomic mass is 10.2. The second kappa shape index (κ2) is 7.19. The second-order valence-corrected chi connectivity index (χ2v) is 9.63. The van der Waals surface area contributed by atoms with Crippen LogP contribution in [0.5, 0.6) is 0 Å². The summed E-state index contributed by atoms with van der Waals surface area (Å²) in [6, 6.07) is 9.49. The SMILES string of the molecule is COC(=O)c1sccc1S(=O)(=O)N1CCN(c2nsc3ccccc23)CC1. The number of rotatable bonds is 4. The normalized spacial score (nSPS) is 16.0. The van der Waals surface area contributed by atoms with E-state index >= 15 is 0 Å². The third-order valence-electron chi connectivity index (χ3n) is 4.51. The van der Waals surface area contributed by atoms with Crippen LogP contribution in [0.4, 0.5) is 5.82 Å². The molecule has 7 nitrogen and oxygen atoms in total. The molecule has 0 spiro atoms. The smallest absolute Gasteiger partial charge is 0.349 e. The van der Waals surface area contributed by atoms with Crippen molar-refractivity contribution >= 4 is 54.8 Å². The Morgan fingerprint density at radius 1 is 1.15 bits per heavy atom. The van der Waals surface area contributed by atoms with E-state index in [0.717, 1.165) is 27.2 Å². The molecule has 4 rings (SSSR count). The zero-order valence-corrected chi connectivity index (χ0v) is 16.9. The maximum Gasteiger partial charge on any atom is 0.349 e. The van der Waals surface area contributed by atoms with Crippen LogP contribution in [-0.4, -0.2) is 56.4 Å². The lowest BCUT2D eigenvalue weighted by Gasteiger charge is -2.34. The van der Waals surface area contributed by atoms with Crippen LogP contribution in [-0.2, 0) is 14.8 Å². The molecule has 0 amide bonds. The molecule has 0 saturated carbocycles. The van der Waals surface area contributed by atoms with Crippen LogP contribution in [0.2, 0.25) is 0 Å². The van der Waals surface area contributed by atoms with E-state index in [2.05, 4.69) is 9.27 Å². The Hall–Kier alpha value is -2.01. The molecule has 10 heteroatoms. The minimum absolute atomic E-state index is 0.0203. The lowest BCUT2D eigenvalue weighted by molar-refractivity contribution is 0.0602. The summed E-state index contributed by atoms with van der Waals surface area (Å²) in [5.74, 6) is 0.273. The highest BCUT2D eigenvalue weighted by molar-refractivity contribution is 7.89. The molecule has 1 aromatic carbocycles. The fourth-order valence-electron chi connectivity index (χ4n) is 3.12. The summed E-state index contributed by atoms with van der Waals surface area (Å²) in [7, 11) is -2.50. The third-order valence-corrected chi connectivity index (χ3v) is 8.30. The van der Waals surface area contributed by atoms with Crippen LogP contribution < -0.4 is 4.90 Å². The largest absolute Gasteiger partial charge is 0.465 e. The van der Waals surface area contributed by atoms with Gasteiger partial charge < -0.3 is 9.64 Å². The number of methoxy groups -OCH3 is 1. The van der Waals surface area contributed by atoms with E-state index in [1.54, 1.807) is 5.38 Å². The first-order valence-electron chi connectivity index (χ1n) is 8.27. The maximum absolute atomic E-state index is 13.0. The Labute approximate surface area is 165 Å². The van der Waals surface area contributed by atoms with E-state index in [-0.39, 0.29) is 9.77 Å². The number of ether oxygens (including phenoxy) is 1. The fourth-order valence-corrected chi connectivity index (χ4v) is 6.65. The van der Waals surface area contributed by atoms with E-state index in [1.165, 1.54) is 29.0 Å². The van der Waals surface area contributed by atoms with Gasteiger partial charge in [0.15, 0.2) is 0 Å². The van der Waals surface area contributed by atoms with E-state index in [0.29, 0.717) is 26.2 Å². The van der Waals surface area contributed by atoms with Gasteiger partial charge in [-0.25, -0.2) is 13.2 Å². The van der Waals surface area contributed by atoms with Crippen LogP contribution >= 0.6 is 22.9 Å². The van der Waals surface area contributed by atoms with Crippen molar-refractivity contribution in [1.29, 1.82) is 0 Å². The number of hydrogen-bond acceptors (Lipinski definition) is 8. The van der Waals surface area contributed by atoms with E-state index in [1.807, 2.05) is 24.3 Å². The zero-order valence-electron chi connectivity index (χ0n) is 14.5. The average molecular weight is 424 g/mol. The predicted octanol–water partition coefficient (Wildman–Crippen LogP) is 2.66. The van der Waals surface area contributed by atoms with E-state index in [9.17, 15) is 13.2 Å². The van der Waals surface area contributed by atoms with Gasteiger partial charge in [0.25, 0.3) is 0 Å². The quantitative estimate of drug-likeness (QED) is 0.600. The summed E-state index contributed by atoms with van der Waals surface area (Å²) in [6.45, 7) is 1.77. The highest BCUT2D eigenvalue weighted by Gasteiger charge is 2.33. The van der Waals surface area contributed by atoms with Crippen LogP contribution in [0, 0.1) is 0 Å². The van der Waals surface area contributed by atoms with Gasteiger partial charge in [0.2, 0.25) is 10.0 Å². The van der Waals surface area contributed by atoms with Gasteiger partial charge in [0, 0.05) is 31.6 Å². The number of hydrogen-bond donors (Lipinski definition) is 0. The number of piperazine rings is 1. The van der Waals surface area contributed by atoms with Gasteiger partial charge in [-0.2, -0.15) is 8.68 Å². The Balaban J connectivity index is 1.54. The molecule has 3 aromatic rings. The summed E-state index contributed by atoms with van der Waals surface area (Å²) in [5.41, 5.74) is 0. The van der Waals surface area contributed by atoms with Gasteiger partial charge in [-0.1, -0.05) is 12.1 Å². The Bertz CT molecular complexity index is 1080. The molecular formula is C17H17N3O4S3. The average Bonchev–Trinajstić information content (AvgIpc) is 3.35. The molecule has 0 N–H and O–H groups in total. The number of esters is 1. The number of carbonyl (C=O) groups is 1. The van der Waals surface area contributed by atoms with Gasteiger partial charge in [-0.05, 0) is 35.1 Å². The first kappa shape index (κ1) is 18.4. The van der Waals surface area contributed by atoms with Crippen molar-refractivity contribution in [3.05, 3.63) is 40.6 Å². The Kier molecular flexibility index (Phi) is 4.89. The minimum Gasteiger partial charge on any atom is -0.465 e. The molecule has 1 aliphatic heterocycles. The number of benzene rings is 1. The van der Waals surface area contributed by atoms with Crippen molar-refractivity contribution in [2.45, 2.75) is 4.90 Å². The summed E-state index contributed by atoms with van der Waals surface area (Å²) < 4.78 is 37.8. The monoisotopic (exact) mass is 423 g/mol. The number of nitrogens with zero attached hydrogens (tertiary/aromatic N) is 3. The summed E-state index contributed by atoms with van der Waals surface area (Å²) >= 11 is 2.52. The summed E-state index contributed by atoms with van der Waals surface area (Å²) in [6.07, 6.45) is 0. The number of anilines is 1. The van der Waals surface area contributed by atoms with Crippen molar-refractivity contribution in [2.75, 3.05) is 38.2 Å². The molecule has 27 heavy (non-hydrogen) atoms. The fraction of sp³-hybridized carbons (Fsp3) is 0.294. The molecule has 0 unspecified atom stereocenters. The molecule has 2 aromatic heterocycles. The second-order valence-electron chi connectivity index (χ2n) is 6.00. The molecular weight excluding hydrogens is 406 g/mol. The number of sulfonamides is 1. The van der Waals surface area contributed by atoms with Crippen molar-refractivity contribution in [2.24, 2.45) is 0 Å². The predicted molar refractivity (Wildman–Crippen MR) is 106 cm³/mol. The van der Waals surface area contributed by atoms with Crippen molar-refractivity contribution in [1.82, 2.24) is 8.68 Å². The summed E-state index contributed by atoms with van der Waals surface area (Å²) in [4.78, 5) is 14.1. The molecule has 1 aliphatic rings. The molecule has 0 atom stereocenters. The zero-order chi connectivity index (χ0) is 19.0. The number of fused-ring (bicyclic) bond motifs is 1. The van der Waals surface area contributed by atoms with Crippen molar-refractivity contribution < 1.29 is 17.9 Å². The molecule has 0 aliphatic carbocycles. The van der Waals surface area contributed by atoms with Crippen LogP contribution in [0.15, 0.2) is 40.6 Å². The Morgan fingerprint density at radius 3 is 2.63 bits per heavy atom. The van der Waals surface area contributed by atoms with E-state index in [4.69, 9.17) is 4.74 Å². The van der Waals surface area contributed by atoms with Gasteiger partial charge in [0.1, 0.15) is 15.6 Å². The standard InChI is InChI=1S/C17H17N3O4S3/c1-24-17(21)15-14(6-11-25-15)27(22,23)20-9-7-19(8-10-20)16-12-4-2-3-5-13(12)26-18-16/h2-6,11H,7-10H2,1H3. The van der Waals surface area contributed by atoms with Crippen LogP contribution in [0.25, 0.3) is 10.1 Å². The van der Waals surface area contributed by atoms with Crippen LogP contribution in [0.3, 0.4) is 0 Å². The van der Waals surface area contributed by atoms with Gasteiger partial charge in [0.05, 0.1) is 11.8 Å². The first-order valence-corrected chi connectivity index (χ1v) is 11.4. The van der Waals surface area contributed by atoms with Gasteiger partial charge in [-0.3, -0.25) is 0 Å². The molecule has 1 fully saturated rings. The summed E-state index contributed by atoms with van der Waals surface area (Å²) in [5, 5.41) is 2.68. The molecule has 3 heterocycles. The first-order chi connectivity index (χ1) is 13.0. The Morgan fingerprint density at radius 2 is 1.89 bits per heavy atom. The van der Waals surface area contributed by atoms with Gasteiger partial charge >= 0.3 is 5.97 Å². The molecule has 0 radical (unpaired) electrons. The minimum atomic E-state index is -3.74. The number of carbonyl (C=O) groups excluding carboxylic acids is 1. The molecule has 0 bridgehead atoms. The van der Waals surface area contributed by atoms with Crippen LogP contribution in [0.1, 0.15) is 9.67 Å². The highest BCUT2D eigenvalue weighted by atomic mass is 32.2. The molecule has 142 valence electrons. The highest BCUT2D eigenvalue weighted by Crippen LogP contribution is 2.31. The maximum atomic E-state index is 13.0. The van der Waals surface area contributed by atoms with Crippen molar-refractivity contribution in [3.8, 4) is 0 Å². The topological polar surface area (TPSA) is 79.8 Å². The molecule has 1 saturated heterocycles. The van der Waals surface area contributed by atoms with Crippen molar-refractivity contribution in [3.63, 3.8) is 0 Å². The number of thiophene rings is 1. The van der Waals surface area contributed by atoms with Gasteiger partial charge in [-0.15, -0.1) is 11.3 Å². The lowest BCUT2D eigenvalue weighted by Crippen LogP contribution is -2.49. The van der Waals surface area contributed by atoms with E-state index < -0.39 is 16.0 Å². The third kappa shape index (κ3) is 3.22.